The number of rotatable bonds is 5. The zero-order valence-electron chi connectivity index (χ0n) is 20.0. The van der Waals surface area contributed by atoms with Gasteiger partial charge in [0.05, 0.1) is 11.9 Å². The van der Waals surface area contributed by atoms with Crippen LogP contribution in [-0.4, -0.2) is 45.0 Å². The van der Waals surface area contributed by atoms with Crippen molar-refractivity contribution in [2.45, 2.75) is 44.9 Å². The molecule has 3 aromatic heterocycles. The van der Waals surface area contributed by atoms with E-state index in [4.69, 9.17) is 14.7 Å². The van der Waals surface area contributed by atoms with Gasteiger partial charge in [0.2, 0.25) is 17.7 Å². The zero-order chi connectivity index (χ0) is 25.7. The fourth-order valence-electron chi connectivity index (χ4n) is 5.16. The number of halogens is 3. The molecule has 0 unspecified atom stereocenters. The molecule has 3 aliphatic rings. The number of aryl methyl sites for hydroxylation is 1. The van der Waals surface area contributed by atoms with Crippen molar-refractivity contribution in [2.75, 3.05) is 28.2 Å². The molecule has 0 saturated carbocycles. The van der Waals surface area contributed by atoms with Crippen LogP contribution < -0.4 is 19.9 Å². The molecule has 0 aliphatic carbocycles. The molecule has 192 valence electrons. The third kappa shape index (κ3) is 4.30. The molecular formula is C25H24F3N7O2. The topological polar surface area (TPSA) is 96.4 Å². The Morgan fingerprint density at radius 2 is 1.97 bits per heavy atom. The Labute approximate surface area is 210 Å². The molecule has 0 spiro atoms. The lowest BCUT2D eigenvalue weighted by Gasteiger charge is -2.42. The fraction of sp³-hybridized carbons (Fsp3) is 0.400. The summed E-state index contributed by atoms with van der Waals surface area (Å²) in [7, 11) is 0. The van der Waals surface area contributed by atoms with Crippen LogP contribution in [0.1, 0.15) is 36.7 Å². The van der Waals surface area contributed by atoms with Crippen LogP contribution in [0.15, 0.2) is 36.7 Å². The average Bonchev–Trinajstić information content (AvgIpc) is 3.28. The number of nitrogens with one attached hydrogen (secondary N) is 1. The second-order valence-electron chi connectivity index (χ2n) is 9.50. The Kier molecular flexibility index (Phi) is 5.61. The van der Waals surface area contributed by atoms with E-state index in [9.17, 15) is 18.0 Å². The molecule has 1 fully saturated rings. The summed E-state index contributed by atoms with van der Waals surface area (Å²) in [5.74, 6) is 2.15. The van der Waals surface area contributed by atoms with Crippen LogP contribution in [0.5, 0.6) is 11.6 Å². The van der Waals surface area contributed by atoms with Crippen LogP contribution in [0.3, 0.4) is 0 Å². The number of carbonyl (C=O) groups is 1. The van der Waals surface area contributed by atoms with E-state index in [2.05, 4.69) is 27.1 Å². The first-order valence-corrected chi connectivity index (χ1v) is 12.2. The van der Waals surface area contributed by atoms with Crippen LogP contribution >= 0.6 is 0 Å². The van der Waals surface area contributed by atoms with E-state index in [-0.39, 0.29) is 29.5 Å². The van der Waals surface area contributed by atoms with Gasteiger partial charge < -0.3 is 19.9 Å². The maximum absolute atomic E-state index is 13.1. The molecule has 9 nitrogen and oxygen atoms in total. The molecule has 3 aromatic rings. The number of carbonyl (C=O) groups excluding carboxylic acids is 1. The second kappa shape index (κ2) is 8.86. The number of ether oxygens (including phenoxy) is 1. The van der Waals surface area contributed by atoms with Crippen molar-refractivity contribution in [3.8, 4) is 11.6 Å². The highest BCUT2D eigenvalue weighted by molar-refractivity contribution is 6.06. The number of fused-ring (bicyclic) bond motifs is 2. The second-order valence-corrected chi connectivity index (χ2v) is 9.50. The highest BCUT2D eigenvalue weighted by Gasteiger charge is 2.47. The number of hydrogen-bond acceptors (Lipinski definition) is 8. The third-order valence-corrected chi connectivity index (χ3v) is 6.99. The Hall–Kier alpha value is -3.96. The molecule has 12 heteroatoms. The Bertz CT molecular complexity index is 1330. The Morgan fingerprint density at radius 3 is 2.70 bits per heavy atom. The van der Waals surface area contributed by atoms with Gasteiger partial charge in [-0.2, -0.15) is 18.2 Å². The molecule has 1 N–H and O–H groups in total. The van der Waals surface area contributed by atoms with E-state index in [1.54, 1.807) is 18.3 Å². The number of amides is 1. The van der Waals surface area contributed by atoms with Crippen LogP contribution in [0, 0.1) is 5.92 Å². The van der Waals surface area contributed by atoms with Gasteiger partial charge in [0.15, 0.2) is 5.82 Å². The summed E-state index contributed by atoms with van der Waals surface area (Å²) < 4.78 is 43.5. The molecule has 2 atom stereocenters. The monoisotopic (exact) mass is 511 g/mol. The van der Waals surface area contributed by atoms with E-state index in [1.165, 1.54) is 6.07 Å². The maximum atomic E-state index is 13.1. The minimum absolute atomic E-state index is 0.156. The molecule has 6 heterocycles. The number of nitrogens with zero attached hydrogens (tertiary/aromatic N) is 6. The number of anilines is 3. The Morgan fingerprint density at radius 1 is 1.11 bits per heavy atom. The lowest BCUT2D eigenvalue weighted by Crippen LogP contribution is -2.54. The van der Waals surface area contributed by atoms with Crippen molar-refractivity contribution in [1.29, 1.82) is 0 Å². The predicted molar refractivity (Wildman–Crippen MR) is 128 cm³/mol. The van der Waals surface area contributed by atoms with E-state index in [1.807, 2.05) is 4.90 Å². The molecule has 37 heavy (non-hydrogen) atoms. The van der Waals surface area contributed by atoms with Crippen molar-refractivity contribution < 1.29 is 22.7 Å². The number of alkyl halides is 3. The lowest BCUT2D eigenvalue weighted by molar-refractivity contribution is -0.141. The van der Waals surface area contributed by atoms with Crippen molar-refractivity contribution in [1.82, 2.24) is 19.9 Å². The molecule has 1 amide bonds. The summed E-state index contributed by atoms with van der Waals surface area (Å²) in [6.45, 7) is 4.03. The largest absolute Gasteiger partial charge is 0.437 e. The molecular weight excluding hydrogens is 487 g/mol. The normalized spacial score (nSPS) is 20.5. The predicted octanol–water partition coefficient (Wildman–Crippen LogP) is 4.20. The van der Waals surface area contributed by atoms with Crippen molar-refractivity contribution in [2.24, 2.45) is 5.92 Å². The summed E-state index contributed by atoms with van der Waals surface area (Å²) in [6, 6.07) is 5.32. The van der Waals surface area contributed by atoms with E-state index < -0.39 is 11.9 Å². The van der Waals surface area contributed by atoms with Crippen LogP contribution in [-0.2, 0) is 23.9 Å². The molecule has 6 rings (SSSR count). The molecule has 0 radical (unpaired) electrons. The molecule has 1 saturated heterocycles. The average molecular weight is 512 g/mol. The van der Waals surface area contributed by atoms with Crippen molar-refractivity contribution >= 4 is 23.4 Å². The van der Waals surface area contributed by atoms with E-state index >= 15 is 0 Å². The van der Waals surface area contributed by atoms with E-state index in [0.29, 0.717) is 19.0 Å². The quantitative estimate of drug-likeness (QED) is 0.545. The van der Waals surface area contributed by atoms with Crippen LogP contribution in [0.4, 0.5) is 30.6 Å². The summed E-state index contributed by atoms with van der Waals surface area (Å²) in [4.78, 5) is 34.3. The standard InChI is InChI=1S/C25H24F3N7O2/c1-14-8-10-34-20(14)23(36)35-9-2-3-17-21(35)22(34)33-24(32-17)31-12-15-4-7-19(30-11-15)37-16-5-6-18(29-13-16)25(26,27)28/h4-7,11,13-14,20H,2-3,8-10,12H2,1H3,(H,31,32,33)/t14-,20-/m0/s1. The van der Waals surface area contributed by atoms with Gasteiger partial charge in [-0.3, -0.25) is 4.79 Å². The highest BCUT2D eigenvalue weighted by atomic mass is 19.4. The van der Waals surface area contributed by atoms with Gasteiger partial charge in [-0.1, -0.05) is 13.0 Å². The van der Waals surface area contributed by atoms with Crippen molar-refractivity contribution in [3.05, 3.63) is 53.6 Å². The summed E-state index contributed by atoms with van der Waals surface area (Å²) in [5.41, 5.74) is 1.60. The van der Waals surface area contributed by atoms with Gasteiger partial charge in [0.1, 0.15) is 23.2 Å². The smallest absolute Gasteiger partial charge is 0.433 e. The minimum atomic E-state index is -4.50. The summed E-state index contributed by atoms with van der Waals surface area (Å²) in [6.07, 6.45) is 0.741. The molecule has 0 bridgehead atoms. The first-order chi connectivity index (χ1) is 17.8. The van der Waals surface area contributed by atoms with Gasteiger partial charge >= 0.3 is 6.18 Å². The molecule has 3 aliphatic heterocycles. The molecule has 0 aromatic carbocycles. The first kappa shape index (κ1) is 23.4. The van der Waals surface area contributed by atoms with E-state index in [0.717, 1.165) is 60.8 Å². The highest BCUT2D eigenvalue weighted by Crippen LogP contribution is 2.44. The van der Waals surface area contributed by atoms with Gasteiger partial charge in [0.25, 0.3) is 0 Å². The van der Waals surface area contributed by atoms with Crippen molar-refractivity contribution in [3.63, 3.8) is 0 Å². The fourth-order valence-corrected chi connectivity index (χ4v) is 5.16. The minimum Gasteiger partial charge on any atom is -0.437 e. The number of hydrogen-bond donors (Lipinski definition) is 1. The van der Waals surface area contributed by atoms with Crippen LogP contribution in [0.25, 0.3) is 0 Å². The lowest BCUT2D eigenvalue weighted by atomic mass is 9.97. The maximum Gasteiger partial charge on any atom is 0.433 e. The first-order valence-electron chi connectivity index (χ1n) is 12.2. The number of aromatic nitrogens is 4. The van der Waals surface area contributed by atoms with Gasteiger partial charge in [0, 0.05) is 31.9 Å². The van der Waals surface area contributed by atoms with Crippen LogP contribution in [0.2, 0.25) is 0 Å². The SMILES string of the molecule is C[C@H]1CCN2c3nc(NCc4ccc(Oc5ccc(C(F)(F)F)nc5)nc4)nc4c3N(CCC4)C(=O)[C@H]12. The summed E-state index contributed by atoms with van der Waals surface area (Å²) >= 11 is 0. The number of pyridine rings is 2. The third-order valence-electron chi connectivity index (χ3n) is 6.99. The van der Waals surface area contributed by atoms with Gasteiger partial charge in [-0.15, -0.1) is 0 Å². The van der Waals surface area contributed by atoms with Gasteiger partial charge in [-0.25, -0.2) is 15.0 Å². The zero-order valence-corrected chi connectivity index (χ0v) is 20.0. The van der Waals surface area contributed by atoms with Gasteiger partial charge in [-0.05, 0) is 42.9 Å². The summed E-state index contributed by atoms with van der Waals surface area (Å²) in [5, 5.41) is 3.27. The Balaban J connectivity index is 1.16.